The van der Waals surface area contributed by atoms with Gasteiger partial charge in [-0.2, -0.15) is 0 Å². The third kappa shape index (κ3) is 1.29. The lowest BCUT2D eigenvalue weighted by Gasteiger charge is -2.27. The minimum atomic E-state index is 0.726. The van der Waals surface area contributed by atoms with Crippen molar-refractivity contribution in [1.29, 1.82) is 0 Å². The van der Waals surface area contributed by atoms with E-state index in [0.717, 1.165) is 12.5 Å². The van der Waals surface area contributed by atoms with Crippen LogP contribution in [0.5, 0.6) is 0 Å². The molecule has 1 aromatic rings. The predicted molar refractivity (Wildman–Crippen MR) is 53.8 cm³/mol. The first-order valence-corrected chi connectivity index (χ1v) is 5.26. The average Bonchev–Trinajstić information content (AvgIpc) is 2.29. The Morgan fingerprint density at radius 1 is 1.58 bits per heavy atom. The summed E-state index contributed by atoms with van der Waals surface area (Å²) >= 11 is 1.96. The lowest BCUT2D eigenvalue weighted by molar-refractivity contribution is 0.292. The fourth-order valence-electron chi connectivity index (χ4n) is 2.00. The molecule has 1 atom stereocenters. The van der Waals surface area contributed by atoms with Gasteiger partial charge in [0.15, 0.2) is 0 Å². The molecule has 1 nitrogen and oxygen atoms in total. The Balaban J connectivity index is 2.40. The summed E-state index contributed by atoms with van der Waals surface area (Å²) < 4.78 is 0. The monoisotopic (exact) mass is 181 g/mol. The van der Waals surface area contributed by atoms with E-state index in [-0.39, 0.29) is 0 Å². The van der Waals surface area contributed by atoms with Gasteiger partial charge in [-0.25, -0.2) is 0 Å². The van der Waals surface area contributed by atoms with Crippen LogP contribution in [0.4, 0.5) is 0 Å². The summed E-state index contributed by atoms with van der Waals surface area (Å²) in [4.78, 5) is 5.44. The van der Waals surface area contributed by atoms with Gasteiger partial charge in [0, 0.05) is 22.8 Å². The fraction of sp³-hybridized carbons (Fsp3) is 0.600. The van der Waals surface area contributed by atoms with Crippen molar-refractivity contribution in [3.05, 3.63) is 21.4 Å². The van der Waals surface area contributed by atoms with Crippen LogP contribution < -0.4 is 0 Å². The van der Waals surface area contributed by atoms with E-state index in [0.29, 0.717) is 0 Å². The van der Waals surface area contributed by atoms with E-state index in [4.69, 9.17) is 0 Å². The molecule has 1 aromatic heterocycles. The van der Waals surface area contributed by atoms with Gasteiger partial charge < -0.3 is 4.90 Å². The number of hydrogen-bond acceptors (Lipinski definition) is 2. The Hall–Kier alpha value is -0.340. The zero-order chi connectivity index (χ0) is 8.72. The summed E-state index contributed by atoms with van der Waals surface area (Å²) in [5.41, 5.74) is 1.59. The highest BCUT2D eigenvalue weighted by atomic mass is 32.1. The van der Waals surface area contributed by atoms with Crippen LogP contribution in [0.25, 0.3) is 0 Å². The van der Waals surface area contributed by atoms with Crippen molar-refractivity contribution in [3.8, 4) is 0 Å². The van der Waals surface area contributed by atoms with Crippen LogP contribution in [0.1, 0.15) is 28.2 Å². The van der Waals surface area contributed by atoms with E-state index in [1.54, 1.807) is 10.4 Å². The van der Waals surface area contributed by atoms with Gasteiger partial charge in [-0.05, 0) is 31.5 Å². The molecule has 0 N–H and O–H groups in total. The minimum Gasteiger partial charge on any atom is -0.301 e. The first-order chi connectivity index (χ1) is 5.66. The van der Waals surface area contributed by atoms with Gasteiger partial charge in [-0.15, -0.1) is 11.3 Å². The molecule has 0 radical (unpaired) electrons. The van der Waals surface area contributed by atoms with Gasteiger partial charge in [0.25, 0.3) is 0 Å². The maximum absolute atomic E-state index is 2.41. The molecule has 0 aromatic carbocycles. The highest BCUT2D eigenvalue weighted by molar-refractivity contribution is 7.12. The van der Waals surface area contributed by atoms with Crippen LogP contribution >= 0.6 is 11.3 Å². The van der Waals surface area contributed by atoms with Crippen LogP contribution in [-0.2, 0) is 6.54 Å². The Morgan fingerprint density at radius 2 is 2.33 bits per heavy atom. The van der Waals surface area contributed by atoms with Gasteiger partial charge >= 0.3 is 0 Å². The van der Waals surface area contributed by atoms with Crippen LogP contribution in [-0.4, -0.2) is 18.5 Å². The molecule has 12 heavy (non-hydrogen) atoms. The molecular formula is C10H15NS. The van der Waals surface area contributed by atoms with Crippen molar-refractivity contribution in [2.75, 3.05) is 13.6 Å². The van der Waals surface area contributed by atoms with Crippen molar-refractivity contribution in [3.63, 3.8) is 0 Å². The van der Waals surface area contributed by atoms with E-state index >= 15 is 0 Å². The zero-order valence-corrected chi connectivity index (χ0v) is 8.74. The Bertz CT molecular complexity index is 290. The van der Waals surface area contributed by atoms with E-state index in [2.05, 4.69) is 31.9 Å². The largest absolute Gasteiger partial charge is 0.301 e. The summed E-state index contributed by atoms with van der Waals surface area (Å²) in [6.45, 7) is 6.89. The number of aryl methyl sites for hydroxylation is 1. The minimum absolute atomic E-state index is 0.726. The van der Waals surface area contributed by atoms with Gasteiger partial charge in [0.1, 0.15) is 0 Å². The molecule has 1 unspecified atom stereocenters. The maximum Gasteiger partial charge on any atom is 0.0328 e. The van der Waals surface area contributed by atoms with Crippen molar-refractivity contribution < 1.29 is 0 Å². The number of fused-ring (bicyclic) bond motifs is 1. The average molecular weight is 181 g/mol. The summed E-state index contributed by atoms with van der Waals surface area (Å²) in [7, 11) is 2.20. The topological polar surface area (TPSA) is 3.24 Å². The van der Waals surface area contributed by atoms with Crippen molar-refractivity contribution in [1.82, 2.24) is 4.90 Å². The van der Waals surface area contributed by atoms with Crippen LogP contribution in [0, 0.1) is 6.92 Å². The van der Waals surface area contributed by atoms with Gasteiger partial charge in [-0.3, -0.25) is 0 Å². The summed E-state index contributed by atoms with van der Waals surface area (Å²) in [5, 5.41) is 0. The fourth-order valence-corrected chi connectivity index (χ4v) is 3.24. The highest BCUT2D eigenvalue weighted by Gasteiger charge is 2.21. The first kappa shape index (κ1) is 8.27. The normalized spacial score (nSPS) is 24.1. The molecule has 1 aliphatic heterocycles. The Labute approximate surface area is 78.0 Å². The van der Waals surface area contributed by atoms with Crippen LogP contribution in [0.2, 0.25) is 0 Å². The molecule has 66 valence electrons. The van der Waals surface area contributed by atoms with Crippen molar-refractivity contribution >= 4 is 11.3 Å². The van der Waals surface area contributed by atoms with Gasteiger partial charge in [-0.1, -0.05) is 6.92 Å². The number of thiophene rings is 1. The second kappa shape index (κ2) is 2.86. The second-order valence-electron chi connectivity index (χ2n) is 3.83. The lowest BCUT2D eigenvalue weighted by Crippen LogP contribution is -2.27. The maximum atomic E-state index is 2.41. The van der Waals surface area contributed by atoms with Gasteiger partial charge in [0.2, 0.25) is 0 Å². The molecule has 2 heterocycles. The number of rotatable bonds is 0. The van der Waals surface area contributed by atoms with Crippen LogP contribution in [0.3, 0.4) is 0 Å². The zero-order valence-electron chi connectivity index (χ0n) is 7.92. The molecule has 0 amide bonds. The predicted octanol–water partition coefficient (Wildman–Crippen LogP) is 2.61. The van der Waals surface area contributed by atoms with Gasteiger partial charge in [0.05, 0.1) is 0 Å². The molecule has 0 aliphatic carbocycles. The van der Waals surface area contributed by atoms with Crippen molar-refractivity contribution in [2.24, 2.45) is 0 Å². The number of hydrogen-bond donors (Lipinski definition) is 0. The summed E-state index contributed by atoms with van der Waals surface area (Å²) in [5.74, 6) is 0.726. The smallest absolute Gasteiger partial charge is 0.0328 e. The standard InChI is InChI=1S/C10H15NS/c1-7-5-11(3)6-10-9(7)4-8(2)12-10/h4,7H,5-6H2,1-3H3. The molecule has 0 spiro atoms. The number of nitrogens with zero attached hydrogens (tertiary/aromatic N) is 1. The van der Waals surface area contributed by atoms with E-state index in [9.17, 15) is 0 Å². The first-order valence-electron chi connectivity index (χ1n) is 4.44. The Kier molecular flexibility index (Phi) is 1.97. The Morgan fingerprint density at radius 3 is 3.08 bits per heavy atom. The van der Waals surface area contributed by atoms with E-state index < -0.39 is 0 Å². The van der Waals surface area contributed by atoms with E-state index in [1.165, 1.54) is 11.4 Å². The quantitative estimate of drug-likeness (QED) is 0.594. The molecule has 0 saturated carbocycles. The molecule has 0 fully saturated rings. The molecule has 0 bridgehead atoms. The molecule has 2 heteroatoms. The summed E-state index contributed by atoms with van der Waals surface area (Å²) in [6, 6.07) is 2.36. The third-order valence-electron chi connectivity index (χ3n) is 2.49. The lowest BCUT2D eigenvalue weighted by atomic mass is 9.97. The number of likely N-dealkylation sites (N-methyl/N-ethyl adjacent to an activating group) is 1. The highest BCUT2D eigenvalue weighted by Crippen LogP contribution is 2.33. The summed E-state index contributed by atoms with van der Waals surface area (Å²) in [6.07, 6.45) is 0. The third-order valence-corrected chi connectivity index (χ3v) is 3.55. The molecule has 2 rings (SSSR count). The SMILES string of the molecule is Cc1cc2c(s1)CN(C)CC2C. The molecule has 1 aliphatic rings. The molecular weight excluding hydrogens is 166 g/mol. The second-order valence-corrected chi connectivity index (χ2v) is 5.17. The van der Waals surface area contributed by atoms with E-state index in [1.807, 2.05) is 11.3 Å². The molecule has 0 saturated heterocycles. The van der Waals surface area contributed by atoms with Crippen LogP contribution in [0.15, 0.2) is 6.07 Å². The van der Waals surface area contributed by atoms with Crippen molar-refractivity contribution in [2.45, 2.75) is 26.3 Å².